The van der Waals surface area contributed by atoms with Crippen LogP contribution in [-0.4, -0.2) is 10.3 Å². The van der Waals surface area contributed by atoms with Crippen molar-refractivity contribution in [3.05, 3.63) is 70.5 Å². The molecule has 4 aromatic rings. The standard InChI is InChI=1S/C22H14F4N2O2/c1-11-9-13-7-8-14-19(15(13)10-16(11)23)28-29-20(14)21-17(22(24,25)26)18(27-30-21)12-5-3-2-4-6-12/h2-6,9-10H,7-8H2,1H3. The van der Waals surface area contributed by atoms with Crippen molar-refractivity contribution in [2.24, 2.45) is 0 Å². The molecule has 0 saturated carbocycles. The second kappa shape index (κ2) is 6.55. The van der Waals surface area contributed by atoms with Crippen LogP contribution in [-0.2, 0) is 19.0 Å². The van der Waals surface area contributed by atoms with E-state index in [2.05, 4.69) is 10.3 Å². The highest BCUT2D eigenvalue weighted by Crippen LogP contribution is 2.46. The summed E-state index contributed by atoms with van der Waals surface area (Å²) in [6.07, 6.45) is -3.81. The predicted octanol–water partition coefficient (Wildman–Crippen LogP) is 6.23. The van der Waals surface area contributed by atoms with E-state index in [0.717, 1.165) is 5.56 Å². The van der Waals surface area contributed by atoms with Crippen molar-refractivity contribution in [2.45, 2.75) is 25.9 Å². The Kier molecular flexibility index (Phi) is 4.06. The molecule has 0 radical (unpaired) electrons. The Morgan fingerprint density at radius 3 is 2.33 bits per heavy atom. The largest absolute Gasteiger partial charge is 0.422 e. The van der Waals surface area contributed by atoms with Gasteiger partial charge in [-0.2, -0.15) is 13.2 Å². The number of benzene rings is 2. The third-order valence-corrected chi connectivity index (χ3v) is 5.30. The second-order valence-electron chi connectivity index (χ2n) is 7.20. The molecule has 0 N–H and O–H groups in total. The van der Waals surface area contributed by atoms with Crippen molar-refractivity contribution >= 4 is 0 Å². The lowest BCUT2D eigenvalue weighted by atomic mass is 9.87. The predicted molar refractivity (Wildman–Crippen MR) is 100.0 cm³/mol. The number of rotatable bonds is 2. The van der Waals surface area contributed by atoms with E-state index in [1.165, 1.54) is 18.2 Å². The summed E-state index contributed by atoms with van der Waals surface area (Å²) in [4.78, 5) is 0. The maximum atomic E-state index is 14.1. The zero-order valence-corrected chi connectivity index (χ0v) is 15.7. The topological polar surface area (TPSA) is 52.1 Å². The lowest BCUT2D eigenvalue weighted by Crippen LogP contribution is -2.08. The molecule has 0 aliphatic heterocycles. The summed E-state index contributed by atoms with van der Waals surface area (Å²) < 4.78 is 66.5. The van der Waals surface area contributed by atoms with Crippen LogP contribution in [0.25, 0.3) is 34.0 Å². The molecule has 0 saturated heterocycles. The number of aryl methyl sites for hydroxylation is 2. The van der Waals surface area contributed by atoms with Crippen molar-refractivity contribution in [1.29, 1.82) is 0 Å². The number of hydrogen-bond donors (Lipinski definition) is 0. The van der Waals surface area contributed by atoms with Crippen molar-refractivity contribution in [3.8, 4) is 34.0 Å². The van der Waals surface area contributed by atoms with Gasteiger partial charge >= 0.3 is 6.18 Å². The Hall–Kier alpha value is -3.42. The van der Waals surface area contributed by atoms with Gasteiger partial charge in [-0.05, 0) is 37.0 Å². The van der Waals surface area contributed by atoms with Crippen LogP contribution in [0.15, 0.2) is 51.5 Å². The number of hydrogen-bond acceptors (Lipinski definition) is 4. The highest BCUT2D eigenvalue weighted by Gasteiger charge is 2.43. The summed E-state index contributed by atoms with van der Waals surface area (Å²) in [6, 6.07) is 11.0. The maximum Gasteiger partial charge on any atom is 0.422 e. The van der Waals surface area contributed by atoms with Crippen molar-refractivity contribution in [1.82, 2.24) is 10.3 Å². The Balaban J connectivity index is 1.70. The summed E-state index contributed by atoms with van der Waals surface area (Å²) in [6.45, 7) is 1.66. The van der Waals surface area contributed by atoms with Gasteiger partial charge in [0.15, 0.2) is 0 Å². The molecule has 1 aliphatic rings. The van der Waals surface area contributed by atoms with Gasteiger partial charge < -0.3 is 9.05 Å². The third kappa shape index (κ3) is 2.82. The molecule has 2 heterocycles. The molecule has 0 fully saturated rings. The molecule has 152 valence electrons. The first-order chi connectivity index (χ1) is 14.3. The van der Waals surface area contributed by atoms with Gasteiger partial charge in [0.25, 0.3) is 0 Å². The van der Waals surface area contributed by atoms with E-state index in [-0.39, 0.29) is 17.0 Å². The number of nitrogens with zero attached hydrogens (tertiary/aromatic N) is 2. The Morgan fingerprint density at radius 1 is 0.900 bits per heavy atom. The molecule has 30 heavy (non-hydrogen) atoms. The second-order valence-corrected chi connectivity index (χ2v) is 7.20. The van der Waals surface area contributed by atoms with Crippen molar-refractivity contribution in [2.75, 3.05) is 0 Å². The van der Waals surface area contributed by atoms with Gasteiger partial charge in [-0.25, -0.2) is 4.39 Å². The number of alkyl halides is 3. The van der Waals surface area contributed by atoms with Crippen LogP contribution in [0, 0.1) is 12.7 Å². The van der Waals surface area contributed by atoms with Gasteiger partial charge in [0.1, 0.15) is 22.8 Å². The van der Waals surface area contributed by atoms with Crippen LogP contribution < -0.4 is 0 Å². The van der Waals surface area contributed by atoms with Crippen LogP contribution in [0.3, 0.4) is 0 Å². The Labute approximate surface area is 168 Å². The number of halogens is 4. The van der Waals surface area contributed by atoms with Crippen LogP contribution in [0.4, 0.5) is 17.6 Å². The molecular weight excluding hydrogens is 400 g/mol. The van der Waals surface area contributed by atoms with Crippen LogP contribution in [0.2, 0.25) is 0 Å². The molecule has 0 unspecified atom stereocenters. The molecule has 8 heteroatoms. The molecule has 2 aromatic carbocycles. The molecule has 0 amide bonds. The molecular formula is C22H14F4N2O2. The number of aromatic nitrogens is 2. The zero-order valence-electron chi connectivity index (χ0n) is 15.7. The van der Waals surface area contributed by atoms with E-state index in [1.54, 1.807) is 31.2 Å². The minimum absolute atomic E-state index is 0.126. The summed E-state index contributed by atoms with van der Waals surface area (Å²) in [7, 11) is 0. The highest BCUT2D eigenvalue weighted by atomic mass is 19.4. The smallest absolute Gasteiger partial charge is 0.352 e. The van der Waals surface area contributed by atoms with E-state index in [4.69, 9.17) is 9.05 Å². The fraction of sp³-hybridized carbons (Fsp3) is 0.182. The van der Waals surface area contributed by atoms with Gasteiger partial charge in [0.05, 0.1) is 0 Å². The highest BCUT2D eigenvalue weighted by molar-refractivity contribution is 5.79. The number of fused-ring (bicyclic) bond motifs is 3. The molecule has 1 aliphatic carbocycles. The van der Waals surface area contributed by atoms with Gasteiger partial charge in [-0.15, -0.1) is 0 Å². The Morgan fingerprint density at radius 2 is 1.60 bits per heavy atom. The summed E-state index contributed by atoms with van der Waals surface area (Å²) >= 11 is 0. The monoisotopic (exact) mass is 414 g/mol. The first-order valence-electron chi connectivity index (χ1n) is 9.25. The normalized spacial score (nSPS) is 13.2. The average molecular weight is 414 g/mol. The van der Waals surface area contributed by atoms with Crippen LogP contribution in [0.5, 0.6) is 0 Å². The fourth-order valence-electron chi connectivity index (χ4n) is 3.86. The molecule has 0 bridgehead atoms. The van der Waals surface area contributed by atoms with Crippen molar-refractivity contribution in [3.63, 3.8) is 0 Å². The molecule has 0 spiro atoms. The minimum atomic E-state index is -4.73. The lowest BCUT2D eigenvalue weighted by Gasteiger charge is -2.16. The van der Waals surface area contributed by atoms with Gasteiger partial charge in [-0.3, -0.25) is 0 Å². The van der Waals surface area contributed by atoms with E-state index >= 15 is 0 Å². The van der Waals surface area contributed by atoms with Crippen molar-refractivity contribution < 1.29 is 26.6 Å². The summed E-state index contributed by atoms with van der Waals surface area (Å²) in [5.74, 6) is -1.06. The first kappa shape index (κ1) is 18.6. The van der Waals surface area contributed by atoms with Crippen LogP contribution >= 0.6 is 0 Å². The zero-order chi connectivity index (χ0) is 21.0. The molecule has 0 atom stereocenters. The lowest BCUT2D eigenvalue weighted by molar-refractivity contribution is -0.136. The first-order valence-corrected chi connectivity index (χ1v) is 9.25. The van der Waals surface area contributed by atoms with Gasteiger partial charge in [-0.1, -0.05) is 46.7 Å². The van der Waals surface area contributed by atoms with E-state index in [1.807, 2.05) is 0 Å². The maximum absolute atomic E-state index is 14.1. The average Bonchev–Trinajstić information content (AvgIpc) is 3.33. The SMILES string of the molecule is Cc1cc2c(cc1F)-c1noc(-c3onc(-c4ccccc4)c3C(F)(F)F)c1CC2. The summed E-state index contributed by atoms with van der Waals surface area (Å²) in [5.41, 5.74) is 1.61. The molecule has 5 rings (SSSR count). The fourth-order valence-corrected chi connectivity index (χ4v) is 3.86. The molecule has 2 aromatic heterocycles. The van der Waals surface area contributed by atoms with E-state index in [9.17, 15) is 17.6 Å². The quantitative estimate of drug-likeness (QED) is 0.365. The van der Waals surface area contributed by atoms with Gasteiger partial charge in [0.2, 0.25) is 11.5 Å². The van der Waals surface area contributed by atoms with Gasteiger partial charge in [0, 0.05) is 16.7 Å². The van der Waals surface area contributed by atoms with E-state index < -0.39 is 23.3 Å². The third-order valence-electron chi connectivity index (χ3n) is 5.30. The minimum Gasteiger partial charge on any atom is -0.352 e. The van der Waals surface area contributed by atoms with Crippen LogP contribution in [0.1, 0.15) is 22.3 Å². The summed E-state index contributed by atoms with van der Waals surface area (Å²) in [5, 5.41) is 7.64. The molecule has 4 nitrogen and oxygen atoms in total. The Bertz CT molecular complexity index is 1260. The van der Waals surface area contributed by atoms with E-state index in [0.29, 0.717) is 35.2 Å².